The third-order valence-corrected chi connectivity index (χ3v) is 13.8. The van der Waals surface area contributed by atoms with Gasteiger partial charge >= 0.3 is 6.85 Å². The summed E-state index contributed by atoms with van der Waals surface area (Å²) in [6.07, 6.45) is 0. The number of hydrogen-bond acceptors (Lipinski definition) is 3. The van der Waals surface area contributed by atoms with E-state index in [1.165, 1.54) is 89.4 Å². The van der Waals surface area contributed by atoms with Crippen molar-refractivity contribution in [2.45, 2.75) is 64.7 Å². The van der Waals surface area contributed by atoms with Gasteiger partial charge in [0.15, 0.2) is 0 Å². The zero-order valence-electron chi connectivity index (χ0n) is 33.1. The molecule has 4 heteroatoms. The zero-order chi connectivity index (χ0) is 38.0. The molecule has 3 aliphatic heterocycles. The minimum absolute atomic E-state index is 0.0404. The second-order valence-corrected chi connectivity index (χ2v) is 18.5. The number of benzene rings is 7. The molecule has 0 saturated heterocycles. The third-order valence-electron chi connectivity index (χ3n) is 13.8. The Bertz CT molecular complexity index is 3030. The van der Waals surface area contributed by atoms with E-state index in [1.807, 2.05) is 0 Å². The molecule has 3 nitrogen and oxygen atoms in total. The number of para-hydroxylation sites is 3. The van der Waals surface area contributed by atoms with Crippen molar-refractivity contribution in [2.24, 2.45) is 0 Å². The van der Waals surface area contributed by atoms with Crippen molar-refractivity contribution in [3.05, 3.63) is 161 Å². The van der Waals surface area contributed by atoms with Gasteiger partial charge in [-0.15, -0.1) is 0 Å². The monoisotopic (exact) mass is 722 g/mol. The van der Waals surface area contributed by atoms with Crippen LogP contribution in [0.2, 0.25) is 0 Å². The van der Waals surface area contributed by atoms with Gasteiger partial charge in [0.2, 0.25) is 0 Å². The lowest BCUT2D eigenvalue weighted by molar-refractivity contribution is 0.590. The first kappa shape index (κ1) is 32.3. The Morgan fingerprint density at radius 3 is 2.07 bits per heavy atom. The summed E-state index contributed by atoms with van der Waals surface area (Å²) < 4.78 is 7.07. The molecule has 0 unspecified atom stereocenters. The fraction of sp³-hybridized carbons (Fsp3) is 0.192. The van der Waals surface area contributed by atoms with Gasteiger partial charge in [-0.2, -0.15) is 0 Å². The van der Waals surface area contributed by atoms with Gasteiger partial charge in [-0.25, -0.2) is 0 Å². The molecule has 270 valence electrons. The highest BCUT2D eigenvalue weighted by atomic mass is 16.3. The second-order valence-electron chi connectivity index (χ2n) is 18.5. The molecule has 1 aromatic heterocycles. The summed E-state index contributed by atoms with van der Waals surface area (Å²) in [7, 11) is 0. The number of rotatable bonds is 1. The molecule has 56 heavy (non-hydrogen) atoms. The van der Waals surface area contributed by atoms with Gasteiger partial charge in [-0.3, -0.25) is 0 Å². The van der Waals surface area contributed by atoms with Crippen LogP contribution in [0.4, 0.5) is 28.4 Å². The van der Waals surface area contributed by atoms with E-state index in [0.717, 1.165) is 21.9 Å². The van der Waals surface area contributed by atoms with Crippen molar-refractivity contribution in [1.82, 2.24) is 0 Å². The van der Waals surface area contributed by atoms with Crippen LogP contribution in [0.3, 0.4) is 0 Å². The molecular weight excluding hydrogens is 679 g/mol. The fourth-order valence-electron chi connectivity index (χ4n) is 11.1. The maximum absolute atomic E-state index is 7.07. The molecule has 12 rings (SSSR count). The van der Waals surface area contributed by atoms with Gasteiger partial charge < -0.3 is 14.1 Å². The van der Waals surface area contributed by atoms with Gasteiger partial charge in [-0.05, 0) is 85.6 Å². The highest BCUT2D eigenvalue weighted by Gasteiger charge is 2.52. The highest BCUT2D eigenvalue weighted by Crippen LogP contribution is 2.60. The summed E-state index contributed by atoms with van der Waals surface area (Å²) in [5.74, 6) is 0. The van der Waals surface area contributed by atoms with Crippen LogP contribution in [0.5, 0.6) is 0 Å². The smallest absolute Gasteiger partial charge is 0.333 e. The van der Waals surface area contributed by atoms with Crippen molar-refractivity contribution >= 4 is 68.1 Å². The van der Waals surface area contributed by atoms with Crippen LogP contribution in [0.15, 0.2) is 138 Å². The summed E-state index contributed by atoms with van der Waals surface area (Å²) in [6.45, 7) is 16.5. The fourth-order valence-corrected chi connectivity index (χ4v) is 11.1. The average Bonchev–Trinajstić information content (AvgIpc) is 3.68. The SMILES string of the molecule is CC(C)(C)c1ccc(N2B3c4cccc5c4N(c4ccccc4C5(C)C)c4cc5c(oc6ccccc65)c(c43)-c3ccc4c(c32)C(C)(C)c2ccccc2-4)cc1. The maximum atomic E-state index is 7.07. The Labute approximate surface area is 329 Å². The van der Waals surface area contributed by atoms with E-state index in [-0.39, 0.29) is 23.1 Å². The Hall–Kier alpha value is -6.00. The second kappa shape index (κ2) is 10.4. The largest absolute Gasteiger partial charge is 0.455 e. The van der Waals surface area contributed by atoms with Gasteiger partial charge in [0.25, 0.3) is 0 Å². The van der Waals surface area contributed by atoms with Crippen LogP contribution in [0, 0.1) is 0 Å². The molecule has 4 heterocycles. The molecule has 0 N–H and O–H groups in total. The molecular formula is C52H43BN2O. The highest BCUT2D eigenvalue weighted by molar-refractivity contribution is 6.94. The summed E-state index contributed by atoms with van der Waals surface area (Å²) in [6, 6.07) is 50.5. The van der Waals surface area contributed by atoms with Crippen LogP contribution in [-0.2, 0) is 16.2 Å². The van der Waals surface area contributed by atoms with Crippen LogP contribution >= 0.6 is 0 Å². The lowest BCUT2D eigenvalue weighted by Crippen LogP contribution is -2.62. The first-order valence-electron chi connectivity index (χ1n) is 20.1. The number of hydrogen-bond donors (Lipinski definition) is 0. The minimum atomic E-state index is -0.235. The zero-order valence-corrected chi connectivity index (χ0v) is 33.1. The summed E-state index contributed by atoms with van der Waals surface area (Å²) in [5, 5.41) is 2.31. The number of fused-ring (bicyclic) bond motifs is 14. The summed E-state index contributed by atoms with van der Waals surface area (Å²) in [5.41, 5.74) is 22.3. The van der Waals surface area contributed by atoms with Gasteiger partial charge in [0.1, 0.15) is 11.2 Å². The first-order chi connectivity index (χ1) is 27.0. The van der Waals surface area contributed by atoms with Gasteiger partial charge in [0, 0.05) is 55.5 Å². The topological polar surface area (TPSA) is 19.6 Å². The van der Waals surface area contributed by atoms with Crippen LogP contribution in [-0.4, -0.2) is 6.85 Å². The summed E-state index contributed by atoms with van der Waals surface area (Å²) >= 11 is 0. The normalized spacial score (nSPS) is 16.3. The van der Waals surface area contributed by atoms with E-state index >= 15 is 0 Å². The third kappa shape index (κ3) is 3.85. The average molecular weight is 723 g/mol. The number of anilines is 5. The number of furan rings is 1. The van der Waals surface area contributed by atoms with Crippen molar-refractivity contribution in [3.8, 4) is 22.3 Å². The van der Waals surface area contributed by atoms with Crippen molar-refractivity contribution in [2.75, 3.05) is 9.71 Å². The first-order valence-corrected chi connectivity index (χ1v) is 20.1. The Morgan fingerprint density at radius 2 is 1.27 bits per heavy atom. The molecule has 0 amide bonds. The predicted octanol–water partition coefficient (Wildman–Crippen LogP) is 12.5. The van der Waals surface area contributed by atoms with E-state index in [1.54, 1.807) is 0 Å². The lowest BCUT2D eigenvalue weighted by atomic mass is 9.42. The van der Waals surface area contributed by atoms with Crippen LogP contribution in [0.1, 0.15) is 76.3 Å². The molecule has 0 radical (unpaired) electrons. The summed E-state index contributed by atoms with van der Waals surface area (Å²) in [4.78, 5) is 5.32. The van der Waals surface area contributed by atoms with Crippen molar-refractivity contribution in [3.63, 3.8) is 0 Å². The lowest BCUT2D eigenvalue weighted by Gasteiger charge is -2.51. The molecule has 7 aromatic carbocycles. The molecule has 0 fully saturated rings. The maximum Gasteiger partial charge on any atom is 0.333 e. The van der Waals surface area contributed by atoms with Crippen LogP contribution in [0.25, 0.3) is 44.2 Å². The molecule has 0 saturated carbocycles. The standard InChI is InChI=1S/C52H43BN2O/c1-50(2,3)30-23-25-31(26-24-30)55-47-35(28-27-34-32-15-8-10-17-37(32)52(6,7)45(34)47)44-46-42(29-36-33-16-9-13-22-43(33)56-49(36)44)54-41-21-12-11-18-38(41)51(4,5)39-19-14-20-40(48(39)54)53(46)55/h8-29H,1-7H3. The molecule has 1 aliphatic carbocycles. The molecule has 0 spiro atoms. The van der Waals surface area contributed by atoms with E-state index in [2.05, 4.69) is 192 Å². The molecule has 4 aliphatic rings. The Kier molecular flexibility index (Phi) is 6.02. The van der Waals surface area contributed by atoms with Crippen LogP contribution < -0.4 is 20.6 Å². The molecule has 0 bridgehead atoms. The van der Waals surface area contributed by atoms with Crippen molar-refractivity contribution < 1.29 is 4.42 Å². The Morgan fingerprint density at radius 1 is 0.571 bits per heavy atom. The van der Waals surface area contributed by atoms with Gasteiger partial charge in [-0.1, -0.05) is 152 Å². The molecule has 0 atom stereocenters. The van der Waals surface area contributed by atoms with E-state index < -0.39 is 0 Å². The molecule has 8 aromatic rings. The number of nitrogens with zero attached hydrogens (tertiary/aromatic N) is 2. The van der Waals surface area contributed by atoms with Gasteiger partial charge in [0.05, 0.1) is 5.69 Å². The van der Waals surface area contributed by atoms with E-state index in [0.29, 0.717) is 0 Å². The van der Waals surface area contributed by atoms with Crippen molar-refractivity contribution in [1.29, 1.82) is 0 Å². The predicted molar refractivity (Wildman–Crippen MR) is 236 cm³/mol. The van der Waals surface area contributed by atoms with E-state index in [4.69, 9.17) is 4.42 Å². The van der Waals surface area contributed by atoms with E-state index in [9.17, 15) is 0 Å². The quantitative estimate of drug-likeness (QED) is 0.157. The minimum Gasteiger partial charge on any atom is -0.455 e. The Balaban J connectivity index is 1.29.